The third-order valence-electron chi connectivity index (χ3n) is 5.56. The molecular weight excluding hydrogens is 300 g/mol. The number of hydrogen-bond acceptors (Lipinski definition) is 3. The molecule has 4 heteroatoms. The predicted octanol–water partition coefficient (Wildman–Crippen LogP) is 4.41. The van der Waals surface area contributed by atoms with Crippen LogP contribution in [0.3, 0.4) is 0 Å². The molecule has 1 fully saturated rings. The molecule has 1 aromatic carbocycles. The van der Waals surface area contributed by atoms with Crippen LogP contribution in [0.2, 0.25) is 0 Å². The Bertz CT molecular complexity index is 635. The second kappa shape index (κ2) is 6.30. The number of rotatable bonds is 7. The van der Waals surface area contributed by atoms with Crippen LogP contribution in [0.1, 0.15) is 58.6 Å². The molecule has 0 aromatic heterocycles. The summed E-state index contributed by atoms with van der Waals surface area (Å²) in [5.74, 6) is 3.41. The molecule has 0 radical (unpaired) electrons. The molecule has 1 N–H and O–H groups in total. The smallest absolute Gasteiger partial charge is 0.161 e. The van der Waals surface area contributed by atoms with Crippen LogP contribution in [-0.2, 0) is 5.54 Å². The van der Waals surface area contributed by atoms with Crippen molar-refractivity contribution in [2.75, 3.05) is 19.8 Å². The van der Waals surface area contributed by atoms with Gasteiger partial charge in [-0.1, -0.05) is 20.8 Å². The number of amidine groups is 1. The van der Waals surface area contributed by atoms with Gasteiger partial charge in [0, 0.05) is 12.1 Å². The Morgan fingerprint density at radius 3 is 2.17 bits per heavy atom. The van der Waals surface area contributed by atoms with Gasteiger partial charge in [-0.15, -0.1) is 0 Å². The van der Waals surface area contributed by atoms with Crippen molar-refractivity contribution in [2.45, 2.75) is 53.0 Å². The molecule has 3 rings (SSSR count). The summed E-state index contributed by atoms with van der Waals surface area (Å²) in [4.78, 5) is 2.33. The Balaban J connectivity index is 1.98. The quantitative estimate of drug-likeness (QED) is 0.805. The van der Waals surface area contributed by atoms with Crippen molar-refractivity contribution >= 4 is 5.84 Å². The molecule has 0 saturated heterocycles. The van der Waals surface area contributed by atoms with Crippen LogP contribution in [0.4, 0.5) is 0 Å². The van der Waals surface area contributed by atoms with Crippen molar-refractivity contribution in [1.29, 1.82) is 5.41 Å². The molecule has 1 aliphatic carbocycles. The summed E-state index contributed by atoms with van der Waals surface area (Å²) < 4.78 is 11.6. The van der Waals surface area contributed by atoms with E-state index >= 15 is 0 Å². The van der Waals surface area contributed by atoms with Crippen LogP contribution in [0, 0.1) is 17.2 Å². The number of fused-ring (bicyclic) bond motifs is 2. The summed E-state index contributed by atoms with van der Waals surface area (Å²) >= 11 is 0. The van der Waals surface area contributed by atoms with Gasteiger partial charge in [0.2, 0.25) is 0 Å². The highest BCUT2D eigenvalue weighted by molar-refractivity contribution is 6.03. The molecule has 1 aromatic rings. The largest absolute Gasteiger partial charge is 0.490 e. The maximum absolute atomic E-state index is 8.75. The Kier molecular flexibility index (Phi) is 4.50. The normalized spacial score (nSPS) is 18.9. The van der Waals surface area contributed by atoms with Gasteiger partial charge in [0.25, 0.3) is 0 Å². The standard InChI is InChI=1S/C20H30N2O2/c1-6-23-17-10-15-16(11-18(17)24-7-2)20(8-9-20)22(19(15)21)12-14(5)13(3)4/h10-11,13-14,21H,6-9,12H2,1-5H3. The number of nitrogens with one attached hydrogen (secondary N) is 1. The van der Waals surface area contributed by atoms with E-state index < -0.39 is 0 Å². The predicted molar refractivity (Wildman–Crippen MR) is 97.2 cm³/mol. The lowest BCUT2D eigenvalue weighted by Gasteiger charge is -2.31. The molecule has 1 heterocycles. The van der Waals surface area contributed by atoms with Crippen LogP contribution in [0.25, 0.3) is 0 Å². The molecule has 1 saturated carbocycles. The zero-order chi connectivity index (χ0) is 17.5. The first-order chi connectivity index (χ1) is 11.4. The lowest BCUT2D eigenvalue weighted by Crippen LogP contribution is -2.38. The summed E-state index contributed by atoms with van der Waals surface area (Å²) in [7, 11) is 0. The molecule has 1 spiro atoms. The minimum atomic E-state index is 0.0339. The second-order valence-electron chi connectivity index (χ2n) is 7.42. The Morgan fingerprint density at radius 2 is 1.67 bits per heavy atom. The van der Waals surface area contributed by atoms with Gasteiger partial charge in [-0.25, -0.2) is 0 Å². The number of ether oxygens (including phenoxy) is 2. The van der Waals surface area contributed by atoms with Crippen LogP contribution in [0.5, 0.6) is 11.5 Å². The van der Waals surface area contributed by atoms with Crippen LogP contribution in [-0.4, -0.2) is 30.5 Å². The third-order valence-corrected chi connectivity index (χ3v) is 5.56. The Hall–Kier alpha value is -1.71. The van der Waals surface area contributed by atoms with Gasteiger partial charge in [0.15, 0.2) is 11.5 Å². The SMILES string of the molecule is CCOc1cc2c(cc1OCC)C1(CC1)N(CC(C)C(C)C)C2=N. The minimum Gasteiger partial charge on any atom is -0.490 e. The Morgan fingerprint density at radius 1 is 1.08 bits per heavy atom. The van der Waals surface area contributed by atoms with E-state index in [1.165, 1.54) is 5.56 Å². The first kappa shape index (κ1) is 17.1. The topological polar surface area (TPSA) is 45.6 Å². The maximum atomic E-state index is 8.75. The van der Waals surface area contributed by atoms with E-state index in [1.54, 1.807) is 0 Å². The number of nitrogens with zero attached hydrogens (tertiary/aromatic N) is 1. The van der Waals surface area contributed by atoms with Gasteiger partial charge in [-0.2, -0.15) is 0 Å². The zero-order valence-corrected chi connectivity index (χ0v) is 15.6. The minimum absolute atomic E-state index is 0.0339. The van der Waals surface area contributed by atoms with E-state index in [0.29, 0.717) is 30.9 Å². The highest BCUT2D eigenvalue weighted by Crippen LogP contribution is 2.58. The van der Waals surface area contributed by atoms with Crippen molar-refractivity contribution in [3.63, 3.8) is 0 Å². The van der Waals surface area contributed by atoms with E-state index in [2.05, 4.69) is 31.7 Å². The van der Waals surface area contributed by atoms with Gasteiger partial charge in [-0.3, -0.25) is 5.41 Å². The van der Waals surface area contributed by atoms with Gasteiger partial charge < -0.3 is 14.4 Å². The van der Waals surface area contributed by atoms with Gasteiger partial charge in [-0.05, 0) is 56.2 Å². The molecular formula is C20H30N2O2. The van der Waals surface area contributed by atoms with Crippen molar-refractivity contribution < 1.29 is 9.47 Å². The first-order valence-corrected chi connectivity index (χ1v) is 9.25. The fourth-order valence-electron chi connectivity index (χ4n) is 3.60. The van der Waals surface area contributed by atoms with E-state index in [1.807, 2.05) is 19.9 Å². The molecule has 4 nitrogen and oxygen atoms in total. The summed E-state index contributed by atoms with van der Waals surface area (Å²) in [5.41, 5.74) is 2.32. The molecule has 1 atom stereocenters. The van der Waals surface area contributed by atoms with E-state index in [0.717, 1.165) is 36.4 Å². The molecule has 24 heavy (non-hydrogen) atoms. The lowest BCUT2D eigenvalue weighted by atomic mass is 9.96. The fraction of sp³-hybridized carbons (Fsp3) is 0.650. The molecule has 132 valence electrons. The average Bonchev–Trinajstić information content (AvgIpc) is 3.31. The monoisotopic (exact) mass is 330 g/mol. The van der Waals surface area contributed by atoms with Crippen molar-refractivity contribution in [1.82, 2.24) is 4.90 Å². The highest BCUT2D eigenvalue weighted by Gasteiger charge is 2.57. The molecule has 0 bridgehead atoms. The third kappa shape index (κ3) is 2.66. The van der Waals surface area contributed by atoms with Crippen molar-refractivity contribution in [2.24, 2.45) is 11.8 Å². The van der Waals surface area contributed by atoms with Gasteiger partial charge in [0.05, 0.1) is 18.8 Å². The molecule has 0 amide bonds. The second-order valence-corrected chi connectivity index (χ2v) is 7.42. The maximum Gasteiger partial charge on any atom is 0.161 e. The van der Waals surface area contributed by atoms with E-state index in [9.17, 15) is 0 Å². The van der Waals surface area contributed by atoms with Crippen molar-refractivity contribution in [3.8, 4) is 11.5 Å². The van der Waals surface area contributed by atoms with E-state index in [-0.39, 0.29) is 5.54 Å². The average molecular weight is 330 g/mol. The molecule has 1 unspecified atom stereocenters. The van der Waals surface area contributed by atoms with E-state index in [4.69, 9.17) is 14.9 Å². The lowest BCUT2D eigenvalue weighted by molar-refractivity contribution is 0.237. The summed E-state index contributed by atoms with van der Waals surface area (Å²) in [6.07, 6.45) is 2.26. The number of benzene rings is 1. The van der Waals surface area contributed by atoms with Gasteiger partial charge >= 0.3 is 0 Å². The first-order valence-electron chi connectivity index (χ1n) is 9.25. The summed E-state index contributed by atoms with van der Waals surface area (Å²) in [6.45, 7) is 13.0. The highest BCUT2D eigenvalue weighted by atomic mass is 16.5. The van der Waals surface area contributed by atoms with Crippen LogP contribution < -0.4 is 9.47 Å². The zero-order valence-electron chi connectivity index (χ0n) is 15.6. The van der Waals surface area contributed by atoms with Crippen LogP contribution >= 0.6 is 0 Å². The fourth-order valence-corrected chi connectivity index (χ4v) is 3.60. The molecule has 1 aliphatic heterocycles. The van der Waals surface area contributed by atoms with Gasteiger partial charge in [0.1, 0.15) is 5.84 Å². The molecule has 2 aliphatic rings. The number of hydrogen-bond donors (Lipinski definition) is 1. The van der Waals surface area contributed by atoms with Crippen LogP contribution in [0.15, 0.2) is 12.1 Å². The summed E-state index contributed by atoms with van der Waals surface area (Å²) in [5, 5.41) is 8.75. The summed E-state index contributed by atoms with van der Waals surface area (Å²) in [6, 6.07) is 4.15. The Labute approximate surface area is 145 Å². The van der Waals surface area contributed by atoms with Crippen molar-refractivity contribution in [3.05, 3.63) is 23.3 Å².